The van der Waals surface area contributed by atoms with Gasteiger partial charge in [-0.3, -0.25) is 4.79 Å². The Kier molecular flexibility index (Phi) is 9.39. The summed E-state index contributed by atoms with van der Waals surface area (Å²) in [5.74, 6) is -0.270. The number of nitrogen functional groups attached to an aromatic ring is 2. The van der Waals surface area contributed by atoms with Crippen LogP contribution in [0.3, 0.4) is 0 Å². The van der Waals surface area contributed by atoms with Crippen molar-refractivity contribution in [3.63, 3.8) is 0 Å². The van der Waals surface area contributed by atoms with Crippen LogP contribution in [0.25, 0.3) is 0 Å². The van der Waals surface area contributed by atoms with Gasteiger partial charge in [0, 0.05) is 28.9 Å². The summed E-state index contributed by atoms with van der Waals surface area (Å²) >= 11 is 0. The van der Waals surface area contributed by atoms with Crippen molar-refractivity contribution in [3.8, 4) is 0 Å². The first kappa shape index (κ1) is 23.7. The van der Waals surface area contributed by atoms with Gasteiger partial charge in [0.05, 0.1) is 5.69 Å². The third-order valence-corrected chi connectivity index (χ3v) is 4.06. The van der Waals surface area contributed by atoms with Crippen LogP contribution in [0.15, 0.2) is 76.5 Å². The number of Topliss-reactive ketones (excluding diaryl/α,β-unsaturated/α-hetero) is 1. The topological polar surface area (TPSA) is 102 Å². The van der Waals surface area contributed by atoms with Crippen molar-refractivity contribution in [1.29, 1.82) is 0 Å². The summed E-state index contributed by atoms with van der Waals surface area (Å²) in [5.41, 5.74) is 15.5. The Hall–Kier alpha value is -3.34. The molecule has 5 nitrogen and oxygen atoms in total. The van der Waals surface area contributed by atoms with Gasteiger partial charge in [-0.05, 0) is 55.0 Å². The molecule has 0 radical (unpaired) electrons. The van der Waals surface area contributed by atoms with Crippen LogP contribution in [-0.2, 0) is 11.2 Å². The van der Waals surface area contributed by atoms with Crippen molar-refractivity contribution in [2.75, 3.05) is 11.5 Å². The Morgan fingerprint density at radius 3 is 1.86 bits per heavy atom. The Balaban J connectivity index is 0.000000989. The molecule has 5 N–H and O–H groups in total. The molecule has 0 aromatic heterocycles. The third-order valence-electron chi connectivity index (χ3n) is 4.06. The summed E-state index contributed by atoms with van der Waals surface area (Å²) in [5, 5.41) is 10.3. The number of hydrogen-bond acceptors (Lipinski definition) is 5. The Morgan fingerprint density at radius 2 is 1.34 bits per heavy atom. The lowest BCUT2D eigenvalue weighted by molar-refractivity contribution is -0.109. The number of carbonyl (C=O) groups is 1. The van der Waals surface area contributed by atoms with E-state index in [1.54, 1.807) is 49.4 Å². The first-order valence-corrected chi connectivity index (χ1v) is 9.88. The standard InChI is InChI=1S/C20H19N3O2.2C2H6/c1-12-19(24)14(10-13-2-4-15(21)5-3-13)11-18(20(12)25)23-17-8-6-16(22)7-9-17;2*1-2/h2-9,11,24H,10,21-22H2,1H3;2*1-2H3. The molecule has 0 bridgehead atoms. The second-order valence-electron chi connectivity index (χ2n) is 5.98. The summed E-state index contributed by atoms with van der Waals surface area (Å²) in [6.07, 6.45) is 2.12. The van der Waals surface area contributed by atoms with Gasteiger partial charge in [0.15, 0.2) is 0 Å². The van der Waals surface area contributed by atoms with Crippen molar-refractivity contribution in [1.82, 2.24) is 0 Å². The van der Waals surface area contributed by atoms with E-state index in [9.17, 15) is 9.90 Å². The highest BCUT2D eigenvalue weighted by molar-refractivity contribution is 6.51. The van der Waals surface area contributed by atoms with Crippen LogP contribution in [0, 0.1) is 0 Å². The Morgan fingerprint density at radius 1 is 0.862 bits per heavy atom. The minimum atomic E-state index is -0.282. The molecule has 3 rings (SSSR count). The van der Waals surface area contributed by atoms with Gasteiger partial charge in [0.1, 0.15) is 11.5 Å². The SMILES string of the molecule is CC.CC.CC1=C(O)C(Cc2ccc(N)cc2)=CC(=Nc2ccc(N)cc2)C1=O. The van der Waals surface area contributed by atoms with Gasteiger partial charge in [0.2, 0.25) is 5.78 Å². The number of aliphatic hydroxyl groups excluding tert-OH is 1. The minimum Gasteiger partial charge on any atom is -0.507 e. The Labute approximate surface area is 173 Å². The van der Waals surface area contributed by atoms with E-state index in [-0.39, 0.29) is 11.5 Å². The summed E-state index contributed by atoms with van der Waals surface area (Å²) in [4.78, 5) is 16.8. The number of nitrogens with two attached hydrogens (primary N) is 2. The van der Waals surface area contributed by atoms with Crippen molar-refractivity contribution < 1.29 is 9.90 Å². The van der Waals surface area contributed by atoms with E-state index >= 15 is 0 Å². The quantitative estimate of drug-likeness (QED) is 0.469. The molecule has 1 aliphatic carbocycles. The fourth-order valence-corrected chi connectivity index (χ4v) is 2.60. The highest BCUT2D eigenvalue weighted by Crippen LogP contribution is 2.25. The van der Waals surface area contributed by atoms with Crippen molar-refractivity contribution >= 4 is 28.6 Å². The number of carbonyl (C=O) groups excluding carboxylic acids is 1. The van der Waals surface area contributed by atoms with Gasteiger partial charge >= 0.3 is 0 Å². The van der Waals surface area contributed by atoms with Gasteiger partial charge in [-0.2, -0.15) is 0 Å². The van der Waals surface area contributed by atoms with Crippen LogP contribution in [0.2, 0.25) is 0 Å². The van der Waals surface area contributed by atoms with Crippen LogP contribution < -0.4 is 11.5 Å². The summed E-state index contributed by atoms with van der Waals surface area (Å²) in [6, 6.07) is 14.4. The minimum absolute atomic E-state index is 0.0121. The van der Waals surface area contributed by atoms with E-state index in [0.29, 0.717) is 40.3 Å². The van der Waals surface area contributed by atoms with Crippen molar-refractivity contribution in [2.24, 2.45) is 4.99 Å². The zero-order valence-corrected chi connectivity index (χ0v) is 17.9. The lowest BCUT2D eigenvalue weighted by Gasteiger charge is -2.16. The predicted molar refractivity (Wildman–Crippen MR) is 124 cm³/mol. The maximum atomic E-state index is 12.4. The van der Waals surface area contributed by atoms with Gasteiger partial charge in [0.25, 0.3) is 0 Å². The average Bonchev–Trinajstić information content (AvgIpc) is 2.76. The summed E-state index contributed by atoms with van der Waals surface area (Å²) < 4.78 is 0. The van der Waals surface area contributed by atoms with E-state index < -0.39 is 0 Å². The summed E-state index contributed by atoms with van der Waals surface area (Å²) in [6.45, 7) is 9.60. The van der Waals surface area contributed by atoms with Crippen LogP contribution >= 0.6 is 0 Å². The number of aliphatic imine (C=N–C) groups is 1. The zero-order valence-electron chi connectivity index (χ0n) is 17.9. The lowest BCUT2D eigenvalue weighted by atomic mass is 9.91. The number of allylic oxidation sites excluding steroid dienone is 3. The smallest absolute Gasteiger partial charge is 0.210 e. The molecule has 0 saturated heterocycles. The molecule has 2 aromatic carbocycles. The van der Waals surface area contributed by atoms with Gasteiger partial charge < -0.3 is 16.6 Å². The number of aliphatic hydroxyl groups is 1. The molecule has 5 heteroatoms. The van der Waals surface area contributed by atoms with E-state index in [0.717, 1.165) is 5.56 Å². The average molecular weight is 394 g/mol. The second-order valence-corrected chi connectivity index (χ2v) is 5.98. The monoisotopic (exact) mass is 393 g/mol. The molecular weight excluding hydrogens is 362 g/mol. The normalized spacial score (nSPS) is 14.4. The van der Waals surface area contributed by atoms with Crippen molar-refractivity contribution in [3.05, 3.63) is 77.1 Å². The van der Waals surface area contributed by atoms with Crippen LogP contribution in [-0.4, -0.2) is 16.6 Å². The fourth-order valence-electron chi connectivity index (χ4n) is 2.60. The number of nitrogens with zero attached hydrogens (tertiary/aromatic N) is 1. The maximum Gasteiger partial charge on any atom is 0.210 e. The second kappa shape index (κ2) is 11.5. The zero-order chi connectivity index (χ0) is 22.0. The highest BCUT2D eigenvalue weighted by Gasteiger charge is 2.24. The number of hydrogen-bond donors (Lipinski definition) is 3. The van der Waals surface area contributed by atoms with Crippen LogP contribution in [0.5, 0.6) is 0 Å². The first-order chi connectivity index (χ1) is 13.9. The molecule has 0 heterocycles. The van der Waals surface area contributed by atoms with E-state index in [2.05, 4.69) is 4.99 Å². The molecule has 154 valence electrons. The highest BCUT2D eigenvalue weighted by atomic mass is 16.3. The molecule has 0 atom stereocenters. The molecule has 2 aromatic rings. The molecule has 0 fully saturated rings. The van der Waals surface area contributed by atoms with Crippen molar-refractivity contribution in [2.45, 2.75) is 41.0 Å². The number of ketones is 1. The largest absolute Gasteiger partial charge is 0.507 e. The summed E-state index contributed by atoms with van der Waals surface area (Å²) in [7, 11) is 0. The van der Waals surface area contributed by atoms with Gasteiger partial charge in [-0.15, -0.1) is 0 Å². The first-order valence-electron chi connectivity index (χ1n) is 9.88. The number of benzene rings is 2. The molecule has 29 heavy (non-hydrogen) atoms. The van der Waals surface area contributed by atoms with E-state index in [1.807, 2.05) is 39.8 Å². The molecule has 0 aliphatic heterocycles. The number of anilines is 2. The van der Waals surface area contributed by atoms with Gasteiger partial charge in [-0.25, -0.2) is 4.99 Å². The third kappa shape index (κ3) is 6.35. The molecule has 1 aliphatic rings. The van der Waals surface area contributed by atoms with Crippen LogP contribution in [0.1, 0.15) is 40.2 Å². The maximum absolute atomic E-state index is 12.4. The molecule has 0 amide bonds. The molecular formula is C24H31N3O2. The Bertz CT molecular complexity index is 906. The predicted octanol–water partition coefficient (Wildman–Crippen LogP) is 5.56. The number of rotatable bonds is 3. The van der Waals surface area contributed by atoms with E-state index in [1.165, 1.54) is 0 Å². The lowest BCUT2D eigenvalue weighted by Crippen LogP contribution is -2.21. The van der Waals surface area contributed by atoms with Gasteiger partial charge in [-0.1, -0.05) is 39.8 Å². The van der Waals surface area contributed by atoms with Crippen LogP contribution in [0.4, 0.5) is 17.1 Å². The molecule has 0 saturated carbocycles. The molecule has 0 unspecified atom stereocenters. The van der Waals surface area contributed by atoms with E-state index in [4.69, 9.17) is 11.5 Å². The fraction of sp³-hybridized carbons (Fsp3) is 0.250. The molecule has 0 spiro atoms.